The second-order valence-corrected chi connectivity index (χ2v) is 5.43. The summed E-state index contributed by atoms with van der Waals surface area (Å²) in [6, 6.07) is 7.97. The molecule has 0 aliphatic heterocycles. The first kappa shape index (κ1) is 15.6. The monoisotopic (exact) mass is 291 g/mol. The van der Waals surface area contributed by atoms with Crippen molar-refractivity contribution in [2.75, 3.05) is 25.0 Å². The minimum atomic E-state index is -0.0351. The Kier molecular flexibility index (Phi) is 6.34. The van der Waals surface area contributed by atoms with E-state index in [0.29, 0.717) is 18.3 Å². The van der Waals surface area contributed by atoms with E-state index in [2.05, 4.69) is 10.6 Å². The highest BCUT2D eigenvalue weighted by Crippen LogP contribution is 2.18. The fourth-order valence-electron chi connectivity index (χ4n) is 2.49. The highest BCUT2D eigenvalue weighted by molar-refractivity contribution is 5.77. The molecule has 0 radical (unpaired) electrons. The molecular formula is C16H25N3O2. The molecular weight excluding hydrogens is 266 g/mol. The zero-order chi connectivity index (χ0) is 14.9. The Morgan fingerprint density at radius 3 is 2.62 bits per heavy atom. The molecule has 0 unspecified atom stereocenters. The maximum atomic E-state index is 11.8. The zero-order valence-corrected chi connectivity index (χ0v) is 12.4. The summed E-state index contributed by atoms with van der Waals surface area (Å²) in [5.41, 5.74) is 6.48. The molecule has 4 N–H and O–H groups in total. The van der Waals surface area contributed by atoms with Crippen LogP contribution in [0.4, 0.5) is 5.69 Å². The molecule has 5 nitrogen and oxygen atoms in total. The van der Waals surface area contributed by atoms with Crippen molar-refractivity contribution in [3.05, 3.63) is 24.3 Å². The first-order valence-corrected chi connectivity index (χ1v) is 7.74. The van der Waals surface area contributed by atoms with Gasteiger partial charge in [0.05, 0.1) is 0 Å². The van der Waals surface area contributed by atoms with Gasteiger partial charge in [0, 0.05) is 18.3 Å². The highest BCUT2D eigenvalue weighted by Gasteiger charge is 2.17. The predicted octanol–water partition coefficient (Wildman–Crippen LogP) is 1.88. The molecule has 5 heteroatoms. The van der Waals surface area contributed by atoms with Crippen molar-refractivity contribution in [1.29, 1.82) is 0 Å². The van der Waals surface area contributed by atoms with Crippen LogP contribution in [0, 0.1) is 0 Å². The van der Waals surface area contributed by atoms with E-state index in [4.69, 9.17) is 10.5 Å². The molecule has 1 aromatic carbocycles. The number of hydrogen-bond donors (Lipinski definition) is 3. The maximum absolute atomic E-state index is 11.8. The summed E-state index contributed by atoms with van der Waals surface area (Å²) < 4.78 is 5.50. The van der Waals surface area contributed by atoms with Gasteiger partial charge in [-0.2, -0.15) is 0 Å². The van der Waals surface area contributed by atoms with Gasteiger partial charge in [0.2, 0.25) is 0 Å². The van der Waals surface area contributed by atoms with Gasteiger partial charge in [-0.05, 0) is 50.1 Å². The molecule has 1 saturated carbocycles. The van der Waals surface area contributed by atoms with Crippen molar-refractivity contribution < 1.29 is 9.53 Å². The number of nitrogens with two attached hydrogens (primary N) is 1. The van der Waals surface area contributed by atoms with Crippen molar-refractivity contribution in [2.45, 2.75) is 38.1 Å². The molecule has 21 heavy (non-hydrogen) atoms. The molecule has 2 rings (SSSR count). The summed E-state index contributed by atoms with van der Waals surface area (Å²) >= 11 is 0. The molecule has 1 amide bonds. The van der Waals surface area contributed by atoms with Gasteiger partial charge in [0.1, 0.15) is 5.75 Å². The maximum Gasteiger partial charge on any atom is 0.258 e. The number of amides is 1. The van der Waals surface area contributed by atoms with Gasteiger partial charge in [-0.1, -0.05) is 12.8 Å². The van der Waals surface area contributed by atoms with Crippen LogP contribution in [0.2, 0.25) is 0 Å². The van der Waals surface area contributed by atoms with E-state index in [0.717, 1.165) is 31.5 Å². The first-order chi connectivity index (χ1) is 10.3. The second-order valence-electron chi connectivity index (χ2n) is 5.43. The minimum Gasteiger partial charge on any atom is -0.484 e. The Bertz CT molecular complexity index is 428. The van der Waals surface area contributed by atoms with E-state index in [1.54, 1.807) is 0 Å². The van der Waals surface area contributed by atoms with E-state index in [-0.39, 0.29) is 12.5 Å². The van der Waals surface area contributed by atoms with Gasteiger partial charge in [0.25, 0.3) is 5.91 Å². The summed E-state index contributed by atoms with van der Waals surface area (Å²) in [4.78, 5) is 11.8. The number of anilines is 1. The van der Waals surface area contributed by atoms with Crippen LogP contribution in [0.25, 0.3) is 0 Å². The quantitative estimate of drug-likeness (QED) is 0.639. The molecule has 0 bridgehead atoms. The largest absolute Gasteiger partial charge is 0.484 e. The van der Waals surface area contributed by atoms with Crippen LogP contribution in [0.15, 0.2) is 24.3 Å². The lowest BCUT2D eigenvalue weighted by Gasteiger charge is -2.12. The fraction of sp³-hybridized carbons (Fsp3) is 0.562. The van der Waals surface area contributed by atoms with Crippen molar-refractivity contribution in [2.24, 2.45) is 5.73 Å². The third-order valence-corrected chi connectivity index (χ3v) is 3.65. The lowest BCUT2D eigenvalue weighted by Crippen LogP contribution is -2.36. The van der Waals surface area contributed by atoms with Gasteiger partial charge in [-0.25, -0.2) is 0 Å². The summed E-state index contributed by atoms with van der Waals surface area (Å²) in [6.45, 7) is 1.63. The average Bonchev–Trinajstić information content (AvgIpc) is 2.99. The van der Waals surface area contributed by atoms with Crippen LogP contribution >= 0.6 is 0 Å². The third kappa shape index (κ3) is 5.63. The summed E-state index contributed by atoms with van der Waals surface area (Å²) in [5.74, 6) is 0.674. The van der Waals surface area contributed by atoms with Gasteiger partial charge >= 0.3 is 0 Å². The van der Waals surface area contributed by atoms with Crippen LogP contribution in [0.1, 0.15) is 32.1 Å². The summed E-state index contributed by atoms with van der Waals surface area (Å²) in [7, 11) is 0. The van der Waals surface area contributed by atoms with E-state index >= 15 is 0 Å². The lowest BCUT2D eigenvalue weighted by molar-refractivity contribution is -0.123. The van der Waals surface area contributed by atoms with Crippen LogP contribution in [0.3, 0.4) is 0 Å². The van der Waals surface area contributed by atoms with Crippen LogP contribution in [-0.4, -0.2) is 31.6 Å². The van der Waals surface area contributed by atoms with Gasteiger partial charge in [-0.15, -0.1) is 0 Å². The fourth-order valence-corrected chi connectivity index (χ4v) is 2.49. The number of carbonyl (C=O) groups is 1. The number of nitrogens with one attached hydrogen (secondary N) is 2. The van der Waals surface area contributed by atoms with Crippen molar-refractivity contribution >= 4 is 11.6 Å². The molecule has 1 aliphatic rings. The van der Waals surface area contributed by atoms with E-state index in [1.165, 1.54) is 12.8 Å². The smallest absolute Gasteiger partial charge is 0.258 e. The number of ether oxygens (including phenoxy) is 1. The van der Waals surface area contributed by atoms with Gasteiger partial charge in [-0.3, -0.25) is 4.79 Å². The number of carbonyl (C=O) groups excluding carboxylic acids is 1. The van der Waals surface area contributed by atoms with Crippen LogP contribution in [-0.2, 0) is 4.79 Å². The average molecular weight is 291 g/mol. The van der Waals surface area contributed by atoms with Gasteiger partial charge < -0.3 is 21.1 Å². The molecule has 0 heterocycles. The Hall–Kier alpha value is -1.75. The molecule has 116 valence electrons. The van der Waals surface area contributed by atoms with E-state index in [1.807, 2.05) is 24.3 Å². The van der Waals surface area contributed by atoms with Crippen LogP contribution < -0.4 is 21.1 Å². The summed E-state index contributed by atoms with van der Waals surface area (Å²) in [5, 5.41) is 6.28. The van der Waals surface area contributed by atoms with Crippen molar-refractivity contribution in [3.63, 3.8) is 0 Å². The van der Waals surface area contributed by atoms with Gasteiger partial charge in [0.15, 0.2) is 6.61 Å². The number of benzene rings is 1. The van der Waals surface area contributed by atoms with Crippen molar-refractivity contribution in [3.8, 4) is 5.75 Å². The van der Waals surface area contributed by atoms with Crippen LogP contribution in [0.5, 0.6) is 5.75 Å². The normalized spacial score (nSPS) is 14.9. The Morgan fingerprint density at radius 2 is 1.95 bits per heavy atom. The standard InChI is InChI=1S/C16H25N3O2/c17-10-3-11-18-13-6-8-15(9-7-13)21-12-16(20)19-14-4-1-2-5-14/h6-9,14,18H,1-5,10-12,17H2,(H,19,20). The van der Waals surface area contributed by atoms with Crippen molar-refractivity contribution in [1.82, 2.24) is 5.32 Å². The SMILES string of the molecule is NCCCNc1ccc(OCC(=O)NC2CCCC2)cc1. The molecule has 1 aliphatic carbocycles. The summed E-state index contributed by atoms with van der Waals surface area (Å²) in [6.07, 6.45) is 5.55. The topological polar surface area (TPSA) is 76.4 Å². The zero-order valence-electron chi connectivity index (χ0n) is 12.4. The molecule has 0 saturated heterocycles. The second kappa shape index (κ2) is 8.52. The minimum absolute atomic E-state index is 0.0351. The number of rotatable bonds is 8. The Labute approximate surface area is 126 Å². The lowest BCUT2D eigenvalue weighted by atomic mass is 10.2. The third-order valence-electron chi connectivity index (χ3n) is 3.65. The Balaban J connectivity index is 1.68. The molecule has 1 fully saturated rings. The first-order valence-electron chi connectivity index (χ1n) is 7.74. The molecule has 0 atom stereocenters. The van der Waals surface area contributed by atoms with E-state index < -0.39 is 0 Å². The van der Waals surface area contributed by atoms with E-state index in [9.17, 15) is 4.79 Å². The molecule has 1 aromatic rings. The molecule has 0 aromatic heterocycles. The highest BCUT2D eigenvalue weighted by atomic mass is 16.5. The Morgan fingerprint density at radius 1 is 1.24 bits per heavy atom. The number of hydrogen-bond acceptors (Lipinski definition) is 4. The predicted molar refractivity (Wildman–Crippen MR) is 84.5 cm³/mol. The molecule has 0 spiro atoms.